The zero-order valence-corrected chi connectivity index (χ0v) is 27.8. The highest BCUT2D eigenvalue weighted by Gasteiger charge is 2.44. The number of nitrogens with one attached hydrogen (secondary N) is 2. The monoisotopic (exact) mass is 648 g/mol. The number of ether oxygens (including phenoxy) is 2. The molecule has 1 aliphatic heterocycles. The van der Waals surface area contributed by atoms with E-state index >= 15 is 0 Å². The fraction of sp³-hybridized carbons (Fsp3) is 0.514. The first-order valence-electron chi connectivity index (χ1n) is 16.2. The molecule has 3 N–H and O–H groups in total. The first-order valence-corrected chi connectivity index (χ1v) is 17.1. The van der Waals surface area contributed by atoms with Crippen molar-refractivity contribution in [1.29, 1.82) is 0 Å². The number of methoxy groups -OCH3 is 1. The highest BCUT2D eigenvalue weighted by Crippen LogP contribution is 2.40. The number of fused-ring (bicyclic) bond motifs is 2. The average Bonchev–Trinajstić information content (AvgIpc) is 3.69. The number of aliphatic carboxylic acids is 1. The van der Waals surface area contributed by atoms with Crippen molar-refractivity contribution in [2.75, 3.05) is 13.7 Å². The predicted octanol–water partition coefficient (Wildman–Crippen LogP) is 6.17. The molecule has 1 aliphatic carbocycles. The number of hydrogen-bond acceptors (Lipinski definition) is 8. The number of pyridine rings is 1. The molecule has 4 atom stereocenters. The number of nitrogens with zero attached hydrogens (tertiary/aromatic N) is 2. The molecule has 0 bridgehead atoms. The minimum absolute atomic E-state index is 0.199. The molecule has 3 heterocycles. The number of aromatic nitrogens is 2. The van der Waals surface area contributed by atoms with Gasteiger partial charge in [-0.3, -0.25) is 9.59 Å². The van der Waals surface area contributed by atoms with Gasteiger partial charge in [-0.15, -0.1) is 11.3 Å². The maximum absolute atomic E-state index is 13.6. The van der Waals surface area contributed by atoms with Crippen molar-refractivity contribution < 1.29 is 29.0 Å². The lowest BCUT2D eigenvalue weighted by Gasteiger charge is -2.21. The number of rotatable bonds is 6. The summed E-state index contributed by atoms with van der Waals surface area (Å²) >= 11 is 1.53. The van der Waals surface area contributed by atoms with E-state index in [-0.39, 0.29) is 24.7 Å². The van der Waals surface area contributed by atoms with Crippen LogP contribution in [0.25, 0.3) is 21.6 Å². The topological polar surface area (TPSA) is 140 Å². The van der Waals surface area contributed by atoms with Crippen LogP contribution < -0.4 is 20.1 Å². The van der Waals surface area contributed by atoms with Crippen molar-refractivity contribution in [2.45, 2.75) is 90.2 Å². The molecule has 0 spiro atoms. The van der Waals surface area contributed by atoms with Crippen molar-refractivity contribution in [2.24, 2.45) is 11.8 Å². The summed E-state index contributed by atoms with van der Waals surface area (Å²) in [4.78, 5) is 48.9. The summed E-state index contributed by atoms with van der Waals surface area (Å²) in [5.41, 5.74) is 3.26. The van der Waals surface area contributed by atoms with Gasteiger partial charge in [-0.05, 0) is 69.9 Å². The van der Waals surface area contributed by atoms with Crippen molar-refractivity contribution in [3.8, 4) is 22.2 Å². The van der Waals surface area contributed by atoms with Gasteiger partial charge in [-0.2, -0.15) is 0 Å². The number of aryl methyl sites for hydroxylation is 1. The zero-order valence-electron chi connectivity index (χ0n) is 27.0. The van der Waals surface area contributed by atoms with Gasteiger partial charge in [-0.25, -0.2) is 14.8 Å². The van der Waals surface area contributed by atoms with E-state index in [1.165, 1.54) is 11.3 Å². The maximum atomic E-state index is 13.6. The van der Waals surface area contributed by atoms with Crippen LogP contribution in [-0.4, -0.2) is 58.7 Å². The SMILES string of the molecule is COc1ccc2c(OC3CC4C(=O)NCCCCCC=CCCC(C(=O)O)NC(=O)C4C3)cc(-c3nc(C(C)C)cs3)nc2c1C. The number of benzene rings is 1. The second-order valence-electron chi connectivity index (χ2n) is 12.5. The van der Waals surface area contributed by atoms with Gasteiger partial charge < -0.3 is 25.2 Å². The molecule has 10 nitrogen and oxygen atoms in total. The van der Waals surface area contributed by atoms with E-state index in [9.17, 15) is 19.5 Å². The first kappa shape index (κ1) is 33.4. The molecule has 1 fully saturated rings. The normalized spacial score (nSPS) is 23.2. The second kappa shape index (κ2) is 15.1. The average molecular weight is 649 g/mol. The van der Waals surface area contributed by atoms with Gasteiger partial charge in [0, 0.05) is 28.9 Å². The fourth-order valence-electron chi connectivity index (χ4n) is 6.26. The van der Waals surface area contributed by atoms with Crippen molar-refractivity contribution in [3.05, 3.63) is 47.0 Å². The second-order valence-corrected chi connectivity index (χ2v) is 13.4. The van der Waals surface area contributed by atoms with E-state index in [0.29, 0.717) is 36.6 Å². The molecule has 246 valence electrons. The molecule has 46 heavy (non-hydrogen) atoms. The Bertz CT molecular complexity index is 1600. The van der Waals surface area contributed by atoms with Crippen LogP contribution in [0.5, 0.6) is 11.5 Å². The predicted molar refractivity (Wildman–Crippen MR) is 178 cm³/mol. The van der Waals surface area contributed by atoms with Gasteiger partial charge in [0.15, 0.2) is 0 Å². The lowest BCUT2D eigenvalue weighted by molar-refractivity contribution is -0.143. The Morgan fingerprint density at radius 3 is 2.50 bits per heavy atom. The van der Waals surface area contributed by atoms with Crippen LogP contribution in [0.15, 0.2) is 35.7 Å². The largest absolute Gasteiger partial charge is 0.496 e. The van der Waals surface area contributed by atoms with Crippen LogP contribution in [0.1, 0.15) is 82.4 Å². The number of carbonyl (C=O) groups excluding carboxylic acids is 2. The number of allylic oxidation sites excluding steroid dienone is 2. The summed E-state index contributed by atoms with van der Waals surface area (Å²) < 4.78 is 12.3. The molecular weight excluding hydrogens is 604 g/mol. The van der Waals surface area contributed by atoms with Crippen molar-refractivity contribution in [3.63, 3.8) is 0 Å². The third-order valence-electron chi connectivity index (χ3n) is 8.94. The van der Waals surface area contributed by atoms with Gasteiger partial charge in [0.25, 0.3) is 0 Å². The smallest absolute Gasteiger partial charge is 0.326 e. The number of carbonyl (C=O) groups is 3. The minimum Gasteiger partial charge on any atom is -0.496 e. The van der Waals surface area contributed by atoms with E-state index in [2.05, 4.69) is 30.6 Å². The maximum Gasteiger partial charge on any atom is 0.326 e. The Morgan fingerprint density at radius 1 is 1.02 bits per heavy atom. The Labute approximate surface area is 274 Å². The molecule has 11 heteroatoms. The molecule has 1 saturated carbocycles. The molecule has 5 rings (SSSR count). The highest BCUT2D eigenvalue weighted by atomic mass is 32.1. The van der Waals surface area contributed by atoms with Gasteiger partial charge in [0.1, 0.15) is 34.3 Å². The molecular formula is C35H44N4O6S. The first-order chi connectivity index (χ1) is 22.2. The third kappa shape index (κ3) is 7.68. The van der Waals surface area contributed by atoms with Crippen LogP contribution in [0.2, 0.25) is 0 Å². The summed E-state index contributed by atoms with van der Waals surface area (Å²) in [6.07, 6.45) is 8.76. The summed E-state index contributed by atoms with van der Waals surface area (Å²) in [6.45, 7) is 6.68. The van der Waals surface area contributed by atoms with Gasteiger partial charge in [-0.1, -0.05) is 32.4 Å². The van der Waals surface area contributed by atoms with E-state index < -0.39 is 35.9 Å². The summed E-state index contributed by atoms with van der Waals surface area (Å²) in [5.74, 6) is -1.51. The summed E-state index contributed by atoms with van der Waals surface area (Å²) in [7, 11) is 1.62. The van der Waals surface area contributed by atoms with Crippen LogP contribution in [0.3, 0.4) is 0 Å². The summed E-state index contributed by atoms with van der Waals surface area (Å²) in [5, 5.41) is 19.2. The van der Waals surface area contributed by atoms with E-state index in [0.717, 1.165) is 52.9 Å². The molecule has 2 aromatic heterocycles. The molecule has 4 unspecified atom stereocenters. The van der Waals surface area contributed by atoms with E-state index in [1.807, 2.05) is 36.6 Å². The van der Waals surface area contributed by atoms with Crippen LogP contribution in [-0.2, 0) is 14.4 Å². The zero-order chi connectivity index (χ0) is 32.8. The molecule has 2 amide bonds. The number of carboxylic acids is 1. The standard InChI is InChI=1S/C35H44N4O6S/c1-20(2)28-19-46-34(39-28)27-18-30(23-13-14-29(44-4)21(3)31(23)37-27)45-22-16-24-25(17-22)33(41)38-26(35(42)43)12-10-8-6-5-7-9-11-15-36-32(24)40/h6,8,13-14,18-20,22,24-26H,5,7,9-12,15-17H2,1-4H3,(H,36,40)(H,38,41)(H,42,43). The van der Waals surface area contributed by atoms with E-state index in [4.69, 9.17) is 19.4 Å². The fourth-order valence-corrected chi connectivity index (χ4v) is 7.20. The number of thiazole rings is 1. The van der Waals surface area contributed by atoms with Gasteiger partial charge >= 0.3 is 5.97 Å². The molecule has 1 aromatic carbocycles. The third-order valence-corrected chi connectivity index (χ3v) is 9.82. The lowest BCUT2D eigenvalue weighted by atomic mass is 9.93. The number of amides is 2. The highest BCUT2D eigenvalue weighted by molar-refractivity contribution is 7.13. The lowest BCUT2D eigenvalue weighted by Crippen LogP contribution is -2.46. The van der Waals surface area contributed by atoms with Crippen LogP contribution >= 0.6 is 11.3 Å². The molecule has 3 aromatic rings. The molecule has 2 aliphatic rings. The Hall–Kier alpha value is -3.99. The van der Waals surface area contributed by atoms with Gasteiger partial charge in [0.05, 0.1) is 30.2 Å². The number of hydrogen-bond donors (Lipinski definition) is 3. The summed E-state index contributed by atoms with van der Waals surface area (Å²) in [6, 6.07) is 4.64. The van der Waals surface area contributed by atoms with Crippen molar-refractivity contribution >= 4 is 40.0 Å². The molecule has 0 radical (unpaired) electrons. The quantitative estimate of drug-likeness (QED) is 0.270. The Kier molecular flexibility index (Phi) is 10.9. The van der Waals surface area contributed by atoms with E-state index in [1.54, 1.807) is 7.11 Å². The minimum atomic E-state index is -1.08. The van der Waals surface area contributed by atoms with Crippen LogP contribution in [0, 0.1) is 18.8 Å². The van der Waals surface area contributed by atoms with Gasteiger partial charge in [0.2, 0.25) is 11.8 Å². The van der Waals surface area contributed by atoms with Crippen molar-refractivity contribution in [1.82, 2.24) is 20.6 Å². The van der Waals surface area contributed by atoms with Crippen LogP contribution in [0.4, 0.5) is 0 Å². The Balaban J connectivity index is 1.46. The number of carboxylic acid groups (broad SMARTS) is 1. The molecule has 0 saturated heterocycles. The Morgan fingerprint density at radius 2 is 1.78 bits per heavy atom.